The van der Waals surface area contributed by atoms with Crippen molar-refractivity contribution in [3.8, 4) is 11.1 Å². The molecule has 0 fully saturated rings. The Balaban J connectivity index is 2.24. The number of carbonyl (C=O) groups is 2. The topological polar surface area (TPSA) is 81.4 Å². The minimum Gasteiger partial charge on any atom is -0.481 e. The Morgan fingerprint density at radius 3 is 2.41 bits per heavy atom. The molecule has 6 nitrogen and oxygen atoms in total. The van der Waals surface area contributed by atoms with Crippen molar-refractivity contribution in [1.82, 2.24) is 9.78 Å². The van der Waals surface area contributed by atoms with Crippen LogP contribution in [0.5, 0.6) is 0 Å². The number of nitrogens with zero attached hydrogens (tertiary/aromatic N) is 2. The number of benzene rings is 1. The van der Waals surface area contributed by atoms with E-state index in [2.05, 4.69) is 5.10 Å². The largest absolute Gasteiger partial charge is 0.481 e. The molecule has 2 rings (SSSR count). The normalized spacial score (nSPS) is 11.2. The predicted molar refractivity (Wildman–Crippen MR) is 80.3 cm³/mol. The van der Waals surface area contributed by atoms with E-state index in [-0.39, 0.29) is 12.4 Å². The van der Waals surface area contributed by atoms with Crippen LogP contribution in [0.15, 0.2) is 36.7 Å². The van der Waals surface area contributed by atoms with Crippen molar-refractivity contribution in [2.45, 2.75) is 25.8 Å². The van der Waals surface area contributed by atoms with Crippen molar-refractivity contribution in [1.29, 1.82) is 0 Å². The molecule has 22 heavy (non-hydrogen) atoms. The van der Waals surface area contributed by atoms with Crippen LogP contribution in [0.25, 0.3) is 11.1 Å². The molecule has 0 aliphatic rings. The van der Waals surface area contributed by atoms with Gasteiger partial charge < -0.3 is 9.84 Å². The van der Waals surface area contributed by atoms with Crippen LogP contribution >= 0.6 is 0 Å². The maximum absolute atomic E-state index is 11.8. The lowest BCUT2D eigenvalue weighted by Crippen LogP contribution is -2.37. The number of ether oxygens (including phenoxy) is 1. The summed E-state index contributed by atoms with van der Waals surface area (Å²) in [6.45, 7) is 3.46. The molecule has 0 radical (unpaired) electrons. The lowest BCUT2D eigenvalue weighted by Gasteiger charge is -2.21. The van der Waals surface area contributed by atoms with E-state index in [4.69, 9.17) is 9.84 Å². The van der Waals surface area contributed by atoms with Gasteiger partial charge in [0.1, 0.15) is 0 Å². The molecule has 116 valence electrons. The van der Waals surface area contributed by atoms with E-state index in [9.17, 15) is 9.59 Å². The van der Waals surface area contributed by atoms with E-state index in [1.807, 2.05) is 12.1 Å². The van der Waals surface area contributed by atoms with Crippen LogP contribution in [-0.2, 0) is 26.3 Å². The van der Waals surface area contributed by atoms with Crippen LogP contribution in [0.3, 0.4) is 0 Å². The van der Waals surface area contributed by atoms with Crippen LogP contribution in [0.4, 0.5) is 0 Å². The van der Waals surface area contributed by atoms with Crippen molar-refractivity contribution in [2.75, 3.05) is 7.11 Å². The van der Waals surface area contributed by atoms with Crippen LogP contribution in [0, 0.1) is 0 Å². The van der Waals surface area contributed by atoms with E-state index in [0.29, 0.717) is 0 Å². The molecular formula is C16H18N2O4. The molecule has 0 bridgehead atoms. The monoisotopic (exact) mass is 302 g/mol. The average Bonchev–Trinajstić information content (AvgIpc) is 2.97. The summed E-state index contributed by atoms with van der Waals surface area (Å²) in [6.07, 6.45) is 3.43. The molecule has 0 unspecified atom stereocenters. The first-order valence-corrected chi connectivity index (χ1v) is 6.79. The maximum atomic E-state index is 11.8. The second kappa shape index (κ2) is 6.01. The summed E-state index contributed by atoms with van der Waals surface area (Å²) in [5.74, 6) is -1.24. The Kier molecular flexibility index (Phi) is 4.30. The molecule has 0 spiro atoms. The van der Waals surface area contributed by atoms with Gasteiger partial charge in [-0.25, -0.2) is 4.79 Å². The summed E-state index contributed by atoms with van der Waals surface area (Å²) in [6, 6.07) is 7.22. The fourth-order valence-corrected chi connectivity index (χ4v) is 2.11. The van der Waals surface area contributed by atoms with Crippen LogP contribution in [0.2, 0.25) is 0 Å². The highest BCUT2D eigenvalue weighted by Gasteiger charge is 2.31. The minimum absolute atomic E-state index is 0.00505. The second-order valence-electron chi connectivity index (χ2n) is 5.49. The SMILES string of the molecule is COC(=O)C(C)(C)n1cc(-c2ccc(CC(=O)O)cc2)cn1. The van der Waals surface area contributed by atoms with Gasteiger partial charge in [-0.05, 0) is 25.0 Å². The third-order valence-electron chi connectivity index (χ3n) is 3.48. The molecule has 1 aromatic heterocycles. The standard InChI is InChI=1S/C16H18N2O4/c1-16(2,15(21)22-3)18-10-13(9-17-18)12-6-4-11(5-7-12)8-14(19)20/h4-7,9-10H,8H2,1-3H3,(H,19,20). The fraction of sp³-hybridized carbons (Fsp3) is 0.312. The number of aliphatic carboxylic acids is 1. The van der Waals surface area contributed by atoms with Gasteiger partial charge in [-0.1, -0.05) is 24.3 Å². The lowest BCUT2D eigenvalue weighted by atomic mass is 10.0. The average molecular weight is 302 g/mol. The molecule has 0 saturated carbocycles. The molecule has 2 aromatic rings. The summed E-state index contributed by atoms with van der Waals surface area (Å²) < 4.78 is 6.34. The van der Waals surface area contributed by atoms with Gasteiger partial charge in [0, 0.05) is 11.8 Å². The smallest absolute Gasteiger partial charge is 0.333 e. The van der Waals surface area contributed by atoms with Gasteiger partial charge in [-0.2, -0.15) is 5.10 Å². The Labute approximate surface area is 128 Å². The third kappa shape index (κ3) is 3.16. The number of carboxylic acids is 1. The number of methoxy groups -OCH3 is 1. The van der Waals surface area contributed by atoms with Crippen LogP contribution in [-0.4, -0.2) is 33.9 Å². The first-order chi connectivity index (χ1) is 10.3. The molecule has 6 heteroatoms. The van der Waals surface area contributed by atoms with E-state index in [0.717, 1.165) is 16.7 Å². The predicted octanol–water partition coefficient (Wildman–Crippen LogP) is 2.09. The Morgan fingerprint density at radius 1 is 1.23 bits per heavy atom. The van der Waals surface area contributed by atoms with Gasteiger partial charge in [0.2, 0.25) is 0 Å². The fourth-order valence-electron chi connectivity index (χ4n) is 2.11. The van der Waals surface area contributed by atoms with Gasteiger partial charge in [-0.15, -0.1) is 0 Å². The van der Waals surface area contributed by atoms with Gasteiger partial charge in [0.05, 0.1) is 19.7 Å². The Morgan fingerprint density at radius 2 is 1.86 bits per heavy atom. The number of carboxylic acid groups (broad SMARTS) is 1. The molecule has 1 N–H and O–H groups in total. The van der Waals surface area contributed by atoms with Crippen LogP contribution < -0.4 is 0 Å². The summed E-state index contributed by atoms with van der Waals surface area (Å²) in [7, 11) is 1.34. The van der Waals surface area contributed by atoms with Gasteiger partial charge >= 0.3 is 11.9 Å². The van der Waals surface area contributed by atoms with E-state index >= 15 is 0 Å². The highest BCUT2D eigenvalue weighted by Crippen LogP contribution is 2.23. The van der Waals surface area contributed by atoms with Crippen molar-refractivity contribution in [3.63, 3.8) is 0 Å². The molecule has 0 aliphatic carbocycles. The molecule has 1 aromatic carbocycles. The van der Waals surface area contributed by atoms with Crippen molar-refractivity contribution < 1.29 is 19.4 Å². The molecule has 1 heterocycles. The van der Waals surface area contributed by atoms with Crippen molar-refractivity contribution >= 4 is 11.9 Å². The number of hydrogen-bond donors (Lipinski definition) is 1. The first kappa shape index (κ1) is 15.8. The Hall–Kier alpha value is -2.63. The van der Waals surface area contributed by atoms with Crippen molar-refractivity contribution in [3.05, 3.63) is 42.2 Å². The van der Waals surface area contributed by atoms with E-state index < -0.39 is 11.5 Å². The summed E-state index contributed by atoms with van der Waals surface area (Å²) in [5.41, 5.74) is 1.59. The third-order valence-corrected chi connectivity index (χ3v) is 3.48. The summed E-state index contributed by atoms with van der Waals surface area (Å²) in [5, 5.41) is 13.0. The Bertz CT molecular complexity index is 686. The van der Waals surface area contributed by atoms with Crippen LogP contribution in [0.1, 0.15) is 19.4 Å². The number of carbonyl (C=O) groups excluding carboxylic acids is 1. The zero-order chi connectivity index (χ0) is 16.3. The lowest BCUT2D eigenvalue weighted by molar-refractivity contribution is -0.150. The minimum atomic E-state index is -0.893. The molecule has 0 atom stereocenters. The molecular weight excluding hydrogens is 284 g/mol. The zero-order valence-electron chi connectivity index (χ0n) is 12.7. The van der Waals surface area contributed by atoms with E-state index in [1.54, 1.807) is 43.1 Å². The highest BCUT2D eigenvalue weighted by atomic mass is 16.5. The summed E-state index contributed by atoms with van der Waals surface area (Å²) in [4.78, 5) is 22.5. The molecule has 0 amide bonds. The van der Waals surface area contributed by atoms with Crippen molar-refractivity contribution in [2.24, 2.45) is 0 Å². The van der Waals surface area contributed by atoms with Gasteiger partial charge in [0.25, 0.3) is 0 Å². The second-order valence-corrected chi connectivity index (χ2v) is 5.49. The number of esters is 1. The molecule has 0 saturated heterocycles. The first-order valence-electron chi connectivity index (χ1n) is 6.79. The van der Waals surface area contributed by atoms with E-state index in [1.165, 1.54) is 7.11 Å². The number of rotatable bonds is 5. The number of aromatic nitrogens is 2. The van der Waals surface area contributed by atoms with Gasteiger partial charge in [0.15, 0.2) is 5.54 Å². The van der Waals surface area contributed by atoms with Gasteiger partial charge in [-0.3, -0.25) is 9.48 Å². The molecule has 0 aliphatic heterocycles. The maximum Gasteiger partial charge on any atom is 0.333 e. The summed E-state index contributed by atoms with van der Waals surface area (Å²) >= 11 is 0. The zero-order valence-corrected chi connectivity index (χ0v) is 12.7. The highest BCUT2D eigenvalue weighted by molar-refractivity contribution is 5.78. The quantitative estimate of drug-likeness (QED) is 0.855. The number of hydrogen-bond acceptors (Lipinski definition) is 4.